The zero-order valence-electron chi connectivity index (χ0n) is 15.9. The minimum absolute atomic E-state index is 0.0903. The third-order valence-corrected chi connectivity index (χ3v) is 5.71. The number of fused-ring (bicyclic) bond motifs is 3. The Balaban J connectivity index is 1.81. The molecular formula is C23H25N3. The summed E-state index contributed by atoms with van der Waals surface area (Å²) in [6.07, 6.45) is 2.19. The summed E-state index contributed by atoms with van der Waals surface area (Å²) in [5.41, 5.74) is 8.70. The zero-order chi connectivity index (χ0) is 18.3. The van der Waals surface area contributed by atoms with Crippen molar-refractivity contribution >= 4 is 11.6 Å². The highest BCUT2D eigenvalue weighted by molar-refractivity contribution is 5.83. The molecule has 1 N–H and O–H groups in total. The van der Waals surface area contributed by atoms with E-state index in [4.69, 9.17) is 0 Å². The van der Waals surface area contributed by atoms with E-state index < -0.39 is 0 Å². The Morgan fingerprint density at radius 2 is 1.46 bits per heavy atom. The summed E-state index contributed by atoms with van der Waals surface area (Å²) in [5, 5.41) is 3.41. The summed E-state index contributed by atoms with van der Waals surface area (Å²) in [6, 6.07) is 17.5. The highest BCUT2D eigenvalue weighted by Gasteiger charge is 2.40. The first kappa shape index (κ1) is 16.8. The van der Waals surface area contributed by atoms with E-state index in [9.17, 15) is 0 Å². The Hall–Kier alpha value is -2.68. The molecule has 0 fully saturated rings. The second-order valence-corrected chi connectivity index (χ2v) is 7.19. The number of rotatable bonds is 4. The van der Waals surface area contributed by atoms with E-state index in [0.29, 0.717) is 5.95 Å². The van der Waals surface area contributed by atoms with Crippen molar-refractivity contribution in [2.75, 3.05) is 5.32 Å². The maximum atomic E-state index is 4.52. The van der Waals surface area contributed by atoms with Gasteiger partial charge in [-0.3, -0.25) is 0 Å². The van der Waals surface area contributed by atoms with Gasteiger partial charge in [-0.1, -0.05) is 44.2 Å². The number of anilines is 2. The third-order valence-electron chi connectivity index (χ3n) is 5.71. The van der Waals surface area contributed by atoms with Gasteiger partial charge in [-0.2, -0.15) is 0 Å². The molecule has 1 aliphatic carbocycles. The first-order valence-corrected chi connectivity index (χ1v) is 9.41. The van der Waals surface area contributed by atoms with E-state index in [2.05, 4.69) is 71.6 Å². The maximum absolute atomic E-state index is 4.52. The quantitative estimate of drug-likeness (QED) is 0.638. The van der Waals surface area contributed by atoms with Crippen LogP contribution in [0.5, 0.6) is 0 Å². The van der Waals surface area contributed by atoms with Crippen LogP contribution in [0.1, 0.15) is 49.2 Å². The van der Waals surface area contributed by atoms with Crippen molar-refractivity contribution < 1.29 is 0 Å². The summed E-state index contributed by atoms with van der Waals surface area (Å²) in [7, 11) is 0. The monoisotopic (exact) mass is 343 g/mol. The van der Waals surface area contributed by atoms with Crippen molar-refractivity contribution in [1.29, 1.82) is 0 Å². The van der Waals surface area contributed by atoms with Crippen molar-refractivity contribution in [2.24, 2.45) is 0 Å². The average molecular weight is 343 g/mol. The summed E-state index contributed by atoms with van der Waals surface area (Å²) >= 11 is 0. The predicted octanol–water partition coefficient (Wildman–Crippen LogP) is 5.92. The molecule has 1 heterocycles. The summed E-state index contributed by atoms with van der Waals surface area (Å²) in [4.78, 5) is 9.03. The predicted molar refractivity (Wildman–Crippen MR) is 108 cm³/mol. The van der Waals surface area contributed by atoms with Gasteiger partial charge < -0.3 is 5.32 Å². The van der Waals surface area contributed by atoms with Gasteiger partial charge in [0.2, 0.25) is 5.95 Å². The molecule has 2 aromatic carbocycles. The van der Waals surface area contributed by atoms with Crippen molar-refractivity contribution in [3.63, 3.8) is 0 Å². The lowest BCUT2D eigenvalue weighted by Gasteiger charge is -2.29. The molecule has 0 amide bonds. The fourth-order valence-corrected chi connectivity index (χ4v) is 4.46. The first-order valence-electron chi connectivity index (χ1n) is 9.41. The van der Waals surface area contributed by atoms with Gasteiger partial charge in [0.25, 0.3) is 0 Å². The van der Waals surface area contributed by atoms with Crippen LogP contribution in [0.25, 0.3) is 11.1 Å². The standard InChI is InChI=1S/C23H25N3/c1-5-23(6-2)20-10-8-7-9-18(20)19-12-11-17(14-21(19)23)26-22-24-15(3)13-16(4)25-22/h7-14H,5-6H2,1-4H3,(H,24,25,26). The van der Waals surface area contributed by atoms with E-state index >= 15 is 0 Å². The fourth-order valence-electron chi connectivity index (χ4n) is 4.46. The normalized spacial score (nSPS) is 14.0. The van der Waals surface area contributed by atoms with E-state index in [1.807, 2.05) is 19.9 Å². The van der Waals surface area contributed by atoms with Crippen molar-refractivity contribution in [1.82, 2.24) is 9.97 Å². The molecule has 0 radical (unpaired) electrons. The molecule has 0 aliphatic heterocycles. The number of hydrogen-bond donors (Lipinski definition) is 1. The lowest BCUT2D eigenvalue weighted by Crippen LogP contribution is -2.23. The average Bonchev–Trinajstić information content (AvgIpc) is 2.90. The number of hydrogen-bond acceptors (Lipinski definition) is 3. The third kappa shape index (κ3) is 2.50. The Morgan fingerprint density at radius 1 is 0.808 bits per heavy atom. The van der Waals surface area contributed by atoms with Crippen LogP contribution in [0, 0.1) is 13.8 Å². The Morgan fingerprint density at radius 3 is 2.15 bits per heavy atom. The van der Waals surface area contributed by atoms with Gasteiger partial charge in [0, 0.05) is 22.5 Å². The van der Waals surface area contributed by atoms with Crippen LogP contribution in [0.4, 0.5) is 11.6 Å². The van der Waals surface area contributed by atoms with Gasteiger partial charge in [-0.05, 0) is 67.1 Å². The minimum atomic E-state index is 0.0903. The molecule has 0 bridgehead atoms. The van der Waals surface area contributed by atoms with Crippen LogP contribution in [0.15, 0.2) is 48.5 Å². The highest BCUT2D eigenvalue weighted by atomic mass is 15.1. The topological polar surface area (TPSA) is 37.8 Å². The smallest absolute Gasteiger partial charge is 0.227 e. The van der Waals surface area contributed by atoms with Crippen molar-refractivity contribution in [3.05, 3.63) is 71.0 Å². The van der Waals surface area contributed by atoms with Crippen LogP contribution < -0.4 is 5.32 Å². The van der Waals surface area contributed by atoms with Gasteiger partial charge in [0.1, 0.15) is 0 Å². The van der Waals surface area contributed by atoms with Gasteiger partial charge in [-0.15, -0.1) is 0 Å². The van der Waals surface area contributed by atoms with Crippen molar-refractivity contribution in [2.45, 2.75) is 46.0 Å². The maximum Gasteiger partial charge on any atom is 0.227 e. The molecule has 0 atom stereocenters. The van der Waals surface area contributed by atoms with E-state index in [0.717, 1.165) is 29.9 Å². The minimum Gasteiger partial charge on any atom is -0.324 e. The molecule has 132 valence electrons. The van der Waals surface area contributed by atoms with Crippen molar-refractivity contribution in [3.8, 4) is 11.1 Å². The van der Waals surface area contributed by atoms with Gasteiger partial charge in [-0.25, -0.2) is 9.97 Å². The van der Waals surface area contributed by atoms with Crippen LogP contribution in [-0.4, -0.2) is 9.97 Å². The molecule has 3 aromatic rings. The lowest BCUT2D eigenvalue weighted by molar-refractivity contribution is 0.490. The number of nitrogens with zero attached hydrogens (tertiary/aromatic N) is 2. The number of aryl methyl sites for hydroxylation is 2. The molecule has 26 heavy (non-hydrogen) atoms. The van der Waals surface area contributed by atoms with E-state index in [1.165, 1.54) is 22.3 Å². The Labute approximate surface area is 155 Å². The van der Waals surface area contributed by atoms with Crippen LogP contribution in [-0.2, 0) is 5.41 Å². The number of nitrogens with one attached hydrogen (secondary N) is 1. The molecule has 3 heteroatoms. The molecular weight excluding hydrogens is 318 g/mol. The van der Waals surface area contributed by atoms with Gasteiger partial charge >= 0.3 is 0 Å². The molecule has 0 saturated heterocycles. The Kier molecular flexibility index (Phi) is 4.03. The molecule has 0 spiro atoms. The summed E-state index contributed by atoms with van der Waals surface area (Å²) in [5.74, 6) is 0.663. The molecule has 4 rings (SSSR count). The van der Waals surface area contributed by atoms with Gasteiger partial charge in [0.15, 0.2) is 0 Å². The number of benzene rings is 2. The second kappa shape index (κ2) is 6.24. The fraction of sp³-hybridized carbons (Fsp3) is 0.304. The first-order chi connectivity index (χ1) is 12.6. The molecule has 1 aliphatic rings. The van der Waals surface area contributed by atoms with Gasteiger partial charge in [0.05, 0.1) is 0 Å². The molecule has 3 nitrogen and oxygen atoms in total. The van der Waals surface area contributed by atoms with Crippen LogP contribution in [0.2, 0.25) is 0 Å². The highest BCUT2D eigenvalue weighted by Crippen LogP contribution is 2.53. The largest absolute Gasteiger partial charge is 0.324 e. The van der Waals surface area contributed by atoms with Crippen LogP contribution in [0.3, 0.4) is 0 Å². The lowest BCUT2D eigenvalue weighted by atomic mass is 9.74. The number of aromatic nitrogens is 2. The molecule has 0 saturated carbocycles. The van der Waals surface area contributed by atoms with E-state index in [1.54, 1.807) is 0 Å². The molecule has 1 aromatic heterocycles. The van der Waals surface area contributed by atoms with E-state index in [-0.39, 0.29) is 5.41 Å². The summed E-state index contributed by atoms with van der Waals surface area (Å²) < 4.78 is 0. The summed E-state index contributed by atoms with van der Waals surface area (Å²) in [6.45, 7) is 8.59. The Bertz CT molecular complexity index is 951. The second-order valence-electron chi connectivity index (χ2n) is 7.19. The zero-order valence-corrected chi connectivity index (χ0v) is 15.9. The van der Waals surface area contributed by atoms with Crippen LogP contribution >= 0.6 is 0 Å². The SMILES string of the molecule is CCC1(CC)c2ccccc2-c2ccc(Nc3nc(C)cc(C)n3)cc21. The molecule has 0 unspecified atom stereocenters.